The first-order chi connectivity index (χ1) is 10.3. The Morgan fingerprint density at radius 2 is 1.91 bits per heavy atom. The monoisotopic (exact) mass is 301 g/mol. The van der Waals surface area contributed by atoms with Crippen molar-refractivity contribution in [3.63, 3.8) is 0 Å². The van der Waals surface area contributed by atoms with Crippen LogP contribution in [0.3, 0.4) is 0 Å². The normalized spacial score (nSPS) is 11.3. The van der Waals surface area contributed by atoms with E-state index in [0.29, 0.717) is 12.1 Å². The zero-order chi connectivity index (χ0) is 16.3. The van der Waals surface area contributed by atoms with E-state index in [0.717, 1.165) is 16.9 Å². The van der Waals surface area contributed by atoms with Gasteiger partial charge < -0.3 is 10.1 Å². The predicted octanol–water partition coefficient (Wildman–Crippen LogP) is 3.30. The summed E-state index contributed by atoms with van der Waals surface area (Å²) in [6.45, 7) is 8.31. The lowest BCUT2D eigenvalue weighted by Crippen LogP contribution is -2.23. The highest BCUT2D eigenvalue weighted by atomic mass is 16.6. The number of rotatable bonds is 4. The molecule has 2 rings (SSSR count). The second-order valence-electron chi connectivity index (χ2n) is 6.31. The molecule has 22 heavy (non-hydrogen) atoms. The van der Waals surface area contributed by atoms with Crippen molar-refractivity contribution in [1.82, 2.24) is 9.78 Å². The standard InChI is InChI=1S/C17H23N3O2/c1-12-14(11-19-20(12)5)10-18-15-8-6-13(7-9-15)16(21)22-17(2,3)4/h6-9,11,18H,10H2,1-5H3. The predicted molar refractivity (Wildman–Crippen MR) is 86.9 cm³/mol. The maximum Gasteiger partial charge on any atom is 0.338 e. The minimum absolute atomic E-state index is 0.304. The second-order valence-corrected chi connectivity index (χ2v) is 6.31. The van der Waals surface area contributed by atoms with Gasteiger partial charge in [-0.3, -0.25) is 4.68 Å². The largest absolute Gasteiger partial charge is 0.456 e. The van der Waals surface area contributed by atoms with Crippen molar-refractivity contribution in [2.45, 2.75) is 39.8 Å². The zero-order valence-electron chi connectivity index (χ0n) is 13.8. The molecule has 1 N–H and O–H groups in total. The lowest BCUT2D eigenvalue weighted by molar-refractivity contribution is 0.00696. The van der Waals surface area contributed by atoms with Crippen molar-refractivity contribution in [2.75, 3.05) is 5.32 Å². The Hall–Kier alpha value is -2.30. The molecule has 1 aromatic carbocycles. The third kappa shape index (κ3) is 4.10. The summed E-state index contributed by atoms with van der Waals surface area (Å²) in [5.41, 5.74) is 3.32. The average molecular weight is 301 g/mol. The number of anilines is 1. The summed E-state index contributed by atoms with van der Waals surface area (Å²) in [7, 11) is 1.93. The van der Waals surface area contributed by atoms with E-state index in [9.17, 15) is 4.79 Å². The van der Waals surface area contributed by atoms with E-state index in [1.165, 1.54) is 0 Å². The summed E-state index contributed by atoms with van der Waals surface area (Å²) in [5, 5.41) is 7.54. The number of esters is 1. The molecule has 0 aliphatic heterocycles. The highest BCUT2D eigenvalue weighted by Gasteiger charge is 2.17. The Morgan fingerprint density at radius 3 is 2.41 bits per heavy atom. The molecule has 0 fully saturated rings. The summed E-state index contributed by atoms with van der Waals surface area (Å²) < 4.78 is 7.19. The molecule has 0 saturated heterocycles. The molecule has 5 nitrogen and oxygen atoms in total. The fourth-order valence-corrected chi connectivity index (χ4v) is 1.98. The molecule has 0 atom stereocenters. The number of hydrogen-bond donors (Lipinski definition) is 1. The van der Waals surface area contributed by atoms with Gasteiger partial charge in [0.05, 0.1) is 11.8 Å². The number of carbonyl (C=O) groups excluding carboxylic acids is 1. The van der Waals surface area contributed by atoms with Gasteiger partial charge >= 0.3 is 5.97 Å². The number of benzene rings is 1. The molecular formula is C17H23N3O2. The van der Waals surface area contributed by atoms with Gasteiger partial charge in [-0.2, -0.15) is 5.10 Å². The molecule has 5 heteroatoms. The molecule has 0 saturated carbocycles. The second kappa shape index (κ2) is 6.22. The first-order valence-corrected chi connectivity index (χ1v) is 7.31. The topological polar surface area (TPSA) is 56.1 Å². The minimum atomic E-state index is -0.480. The maximum atomic E-state index is 11.9. The molecule has 2 aromatic rings. The third-order valence-electron chi connectivity index (χ3n) is 3.34. The van der Waals surface area contributed by atoms with Crippen molar-refractivity contribution in [2.24, 2.45) is 7.05 Å². The minimum Gasteiger partial charge on any atom is -0.456 e. The smallest absolute Gasteiger partial charge is 0.338 e. The fraction of sp³-hybridized carbons (Fsp3) is 0.412. The number of nitrogens with one attached hydrogen (secondary N) is 1. The average Bonchev–Trinajstić information content (AvgIpc) is 2.75. The van der Waals surface area contributed by atoms with Crippen LogP contribution in [-0.4, -0.2) is 21.4 Å². The van der Waals surface area contributed by atoms with Crippen molar-refractivity contribution < 1.29 is 9.53 Å². The first kappa shape index (κ1) is 16.1. The van der Waals surface area contributed by atoms with Crippen LogP contribution in [0, 0.1) is 6.92 Å². The van der Waals surface area contributed by atoms with Crippen molar-refractivity contribution >= 4 is 11.7 Å². The first-order valence-electron chi connectivity index (χ1n) is 7.31. The highest BCUT2D eigenvalue weighted by molar-refractivity contribution is 5.90. The maximum absolute atomic E-state index is 11.9. The number of aryl methyl sites for hydroxylation is 1. The van der Waals surface area contributed by atoms with E-state index in [4.69, 9.17) is 4.74 Å². The van der Waals surface area contributed by atoms with E-state index >= 15 is 0 Å². The van der Waals surface area contributed by atoms with Crippen LogP contribution in [0.5, 0.6) is 0 Å². The van der Waals surface area contributed by atoms with Crippen molar-refractivity contribution in [3.8, 4) is 0 Å². The Morgan fingerprint density at radius 1 is 1.27 bits per heavy atom. The van der Waals surface area contributed by atoms with Crippen molar-refractivity contribution in [1.29, 1.82) is 0 Å². The molecule has 1 aromatic heterocycles. The van der Waals surface area contributed by atoms with E-state index in [-0.39, 0.29) is 5.97 Å². The van der Waals surface area contributed by atoms with Crippen LogP contribution in [-0.2, 0) is 18.3 Å². The molecule has 0 radical (unpaired) electrons. The van der Waals surface area contributed by atoms with Crippen LogP contribution in [0.15, 0.2) is 30.5 Å². The van der Waals surface area contributed by atoms with Crippen LogP contribution >= 0.6 is 0 Å². The van der Waals surface area contributed by atoms with Crippen LogP contribution in [0.4, 0.5) is 5.69 Å². The molecule has 0 spiro atoms. The SMILES string of the molecule is Cc1c(CNc2ccc(C(=O)OC(C)(C)C)cc2)cnn1C. The Labute approximate surface area is 131 Å². The lowest BCUT2D eigenvalue weighted by Gasteiger charge is -2.19. The van der Waals surface area contributed by atoms with Crippen LogP contribution in [0.2, 0.25) is 0 Å². The van der Waals surface area contributed by atoms with Gasteiger partial charge in [-0.25, -0.2) is 4.79 Å². The number of nitrogens with zero attached hydrogens (tertiary/aromatic N) is 2. The Kier molecular flexibility index (Phi) is 4.54. The van der Waals surface area contributed by atoms with Gasteiger partial charge in [0, 0.05) is 30.5 Å². The summed E-state index contributed by atoms with van der Waals surface area (Å²) >= 11 is 0. The number of carbonyl (C=O) groups is 1. The molecule has 118 valence electrons. The van der Waals surface area contributed by atoms with Gasteiger partial charge in [-0.15, -0.1) is 0 Å². The highest BCUT2D eigenvalue weighted by Crippen LogP contribution is 2.16. The Bertz CT molecular complexity index is 652. The summed E-state index contributed by atoms with van der Waals surface area (Å²) in [5.74, 6) is -0.304. The molecule has 0 amide bonds. The zero-order valence-corrected chi connectivity index (χ0v) is 13.8. The summed E-state index contributed by atoms with van der Waals surface area (Å²) in [6.07, 6.45) is 1.86. The quantitative estimate of drug-likeness (QED) is 0.880. The molecule has 0 unspecified atom stereocenters. The molecule has 0 aliphatic carbocycles. The van der Waals surface area contributed by atoms with E-state index in [1.807, 2.05) is 57.8 Å². The molecule has 0 bridgehead atoms. The Balaban J connectivity index is 1.97. The van der Waals surface area contributed by atoms with Crippen LogP contribution in [0.25, 0.3) is 0 Å². The number of aromatic nitrogens is 2. The van der Waals surface area contributed by atoms with E-state index < -0.39 is 5.60 Å². The van der Waals surface area contributed by atoms with E-state index in [1.54, 1.807) is 12.1 Å². The van der Waals surface area contributed by atoms with Gasteiger partial charge in [-0.05, 0) is 52.0 Å². The van der Waals surface area contributed by atoms with Gasteiger partial charge in [-0.1, -0.05) is 0 Å². The molecule has 0 aliphatic rings. The fourth-order valence-electron chi connectivity index (χ4n) is 1.98. The lowest BCUT2D eigenvalue weighted by atomic mass is 10.1. The third-order valence-corrected chi connectivity index (χ3v) is 3.34. The van der Waals surface area contributed by atoms with Crippen molar-refractivity contribution in [3.05, 3.63) is 47.3 Å². The van der Waals surface area contributed by atoms with E-state index in [2.05, 4.69) is 10.4 Å². The number of ether oxygens (including phenoxy) is 1. The number of hydrogen-bond acceptors (Lipinski definition) is 4. The van der Waals surface area contributed by atoms with Crippen LogP contribution < -0.4 is 5.32 Å². The van der Waals surface area contributed by atoms with Gasteiger partial charge in [0.15, 0.2) is 0 Å². The van der Waals surface area contributed by atoms with Gasteiger partial charge in [0.25, 0.3) is 0 Å². The van der Waals surface area contributed by atoms with Gasteiger partial charge in [0.2, 0.25) is 0 Å². The molecular weight excluding hydrogens is 278 g/mol. The summed E-state index contributed by atoms with van der Waals surface area (Å²) in [4.78, 5) is 11.9. The summed E-state index contributed by atoms with van der Waals surface area (Å²) in [6, 6.07) is 7.30. The van der Waals surface area contributed by atoms with Gasteiger partial charge in [0.1, 0.15) is 5.60 Å². The molecule has 1 heterocycles. The van der Waals surface area contributed by atoms with Crippen LogP contribution in [0.1, 0.15) is 42.4 Å².